The zero-order chi connectivity index (χ0) is 16.8. The van der Waals surface area contributed by atoms with E-state index in [2.05, 4.69) is 0 Å². The summed E-state index contributed by atoms with van der Waals surface area (Å²) in [6.07, 6.45) is 1.37. The molecule has 1 heterocycles. The molecule has 1 atom stereocenters. The lowest BCUT2D eigenvalue weighted by atomic mass is 10.1. The number of aryl methyl sites for hydroxylation is 1. The lowest BCUT2D eigenvalue weighted by molar-refractivity contribution is -0.147. The summed E-state index contributed by atoms with van der Waals surface area (Å²) in [5, 5.41) is 9.83. The molecular weight excluding hydrogens is 341 g/mol. The van der Waals surface area contributed by atoms with Crippen molar-refractivity contribution in [3.8, 4) is 0 Å². The maximum atomic E-state index is 12.2. The Morgan fingerprint density at radius 1 is 1.30 bits per heavy atom. The number of aliphatic carboxylic acids is 1. The average Bonchev–Trinajstić information content (AvgIpc) is 2.50. The van der Waals surface area contributed by atoms with E-state index >= 15 is 0 Å². The molecule has 5 nitrogen and oxygen atoms in total. The molecule has 1 unspecified atom stereocenters. The summed E-state index contributed by atoms with van der Waals surface area (Å²) < 4.78 is 5.37. The van der Waals surface area contributed by atoms with Gasteiger partial charge < -0.3 is 14.7 Å². The third-order valence-corrected chi connectivity index (χ3v) is 4.47. The lowest BCUT2D eigenvalue weighted by Crippen LogP contribution is -2.46. The smallest absolute Gasteiger partial charge is 0.306 e. The highest BCUT2D eigenvalue weighted by Crippen LogP contribution is 2.23. The van der Waals surface area contributed by atoms with Gasteiger partial charge in [-0.1, -0.05) is 29.3 Å². The molecule has 2 rings (SSSR count). The van der Waals surface area contributed by atoms with E-state index in [9.17, 15) is 9.59 Å². The zero-order valence-corrected chi connectivity index (χ0v) is 14.1. The van der Waals surface area contributed by atoms with Crippen molar-refractivity contribution < 1.29 is 19.4 Å². The molecule has 0 saturated carbocycles. The summed E-state index contributed by atoms with van der Waals surface area (Å²) in [5.74, 6) is -0.882. The summed E-state index contributed by atoms with van der Waals surface area (Å²) in [4.78, 5) is 24.6. The van der Waals surface area contributed by atoms with Crippen LogP contribution in [-0.4, -0.2) is 47.7 Å². The molecule has 1 saturated heterocycles. The minimum Gasteiger partial charge on any atom is -0.481 e. The Morgan fingerprint density at radius 3 is 2.78 bits per heavy atom. The SMILES string of the molecule is O=C(O)CC1CN(C(=O)CCCc2ccc(Cl)c(Cl)c2)CCO1. The first-order chi connectivity index (χ1) is 11.0. The van der Waals surface area contributed by atoms with E-state index in [1.165, 1.54) is 0 Å². The quantitative estimate of drug-likeness (QED) is 0.847. The summed E-state index contributed by atoms with van der Waals surface area (Å²) in [7, 11) is 0. The Bertz CT molecular complexity index is 579. The highest BCUT2D eigenvalue weighted by atomic mass is 35.5. The van der Waals surface area contributed by atoms with Crippen molar-refractivity contribution in [1.82, 2.24) is 4.90 Å². The molecule has 1 aliphatic rings. The zero-order valence-electron chi connectivity index (χ0n) is 12.6. The number of halogens is 2. The minimum absolute atomic E-state index is 0.0312. The molecule has 0 aromatic heterocycles. The number of carboxylic acids is 1. The summed E-state index contributed by atoms with van der Waals surface area (Å²) in [6.45, 7) is 1.25. The summed E-state index contributed by atoms with van der Waals surface area (Å²) in [6, 6.07) is 5.46. The van der Waals surface area contributed by atoms with E-state index in [0.717, 1.165) is 12.0 Å². The molecule has 7 heteroatoms. The molecular formula is C16H19Cl2NO4. The van der Waals surface area contributed by atoms with Crippen LogP contribution in [0.25, 0.3) is 0 Å². The first-order valence-corrected chi connectivity index (χ1v) is 8.26. The van der Waals surface area contributed by atoms with Gasteiger partial charge in [-0.3, -0.25) is 9.59 Å². The lowest BCUT2D eigenvalue weighted by Gasteiger charge is -2.32. The Balaban J connectivity index is 1.77. The van der Waals surface area contributed by atoms with Crippen LogP contribution in [0.5, 0.6) is 0 Å². The fourth-order valence-corrected chi connectivity index (χ4v) is 2.88. The van der Waals surface area contributed by atoms with Gasteiger partial charge in [0.25, 0.3) is 0 Å². The van der Waals surface area contributed by atoms with Crippen LogP contribution in [0.15, 0.2) is 18.2 Å². The van der Waals surface area contributed by atoms with Gasteiger partial charge >= 0.3 is 5.97 Å². The molecule has 23 heavy (non-hydrogen) atoms. The van der Waals surface area contributed by atoms with Crippen LogP contribution in [0.3, 0.4) is 0 Å². The van der Waals surface area contributed by atoms with Crippen molar-refractivity contribution in [3.63, 3.8) is 0 Å². The number of morpholine rings is 1. The van der Waals surface area contributed by atoms with Crippen molar-refractivity contribution in [2.24, 2.45) is 0 Å². The number of amides is 1. The van der Waals surface area contributed by atoms with Crippen molar-refractivity contribution in [3.05, 3.63) is 33.8 Å². The van der Waals surface area contributed by atoms with E-state index in [1.807, 2.05) is 12.1 Å². The highest BCUT2D eigenvalue weighted by Gasteiger charge is 2.25. The largest absolute Gasteiger partial charge is 0.481 e. The molecule has 1 amide bonds. The molecule has 1 aromatic rings. The molecule has 0 aliphatic carbocycles. The van der Waals surface area contributed by atoms with Gasteiger partial charge in [0.1, 0.15) is 0 Å². The number of carbonyl (C=O) groups excluding carboxylic acids is 1. The van der Waals surface area contributed by atoms with Gasteiger partial charge in [0.05, 0.1) is 29.2 Å². The second-order valence-corrected chi connectivity index (χ2v) is 6.35. The average molecular weight is 360 g/mol. The first kappa shape index (κ1) is 18.0. The van der Waals surface area contributed by atoms with Crippen molar-refractivity contribution in [1.29, 1.82) is 0 Å². The van der Waals surface area contributed by atoms with Crippen molar-refractivity contribution in [2.75, 3.05) is 19.7 Å². The first-order valence-electron chi connectivity index (χ1n) is 7.51. The predicted octanol–water partition coefficient (Wildman–Crippen LogP) is 3.02. The van der Waals surface area contributed by atoms with Crippen LogP contribution < -0.4 is 0 Å². The number of carbonyl (C=O) groups is 2. The predicted molar refractivity (Wildman–Crippen MR) is 88.0 cm³/mol. The van der Waals surface area contributed by atoms with Gasteiger partial charge in [0.2, 0.25) is 5.91 Å². The van der Waals surface area contributed by atoms with Crippen LogP contribution in [0.2, 0.25) is 10.0 Å². The number of hydrogen-bond acceptors (Lipinski definition) is 3. The number of benzene rings is 1. The van der Waals surface area contributed by atoms with Gasteiger partial charge in [0, 0.05) is 19.5 Å². The maximum absolute atomic E-state index is 12.2. The Morgan fingerprint density at radius 2 is 2.09 bits per heavy atom. The molecule has 0 spiro atoms. The van der Waals surface area contributed by atoms with Gasteiger partial charge in [-0.25, -0.2) is 0 Å². The fraction of sp³-hybridized carbons (Fsp3) is 0.500. The number of carboxylic acid groups (broad SMARTS) is 1. The number of ether oxygens (including phenoxy) is 1. The fourth-order valence-electron chi connectivity index (χ4n) is 2.56. The second-order valence-electron chi connectivity index (χ2n) is 5.53. The van der Waals surface area contributed by atoms with Gasteiger partial charge in [0.15, 0.2) is 0 Å². The van der Waals surface area contributed by atoms with Crippen LogP contribution in [0.1, 0.15) is 24.8 Å². The molecule has 1 N–H and O–H groups in total. The number of rotatable bonds is 6. The molecule has 0 radical (unpaired) electrons. The Hall–Kier alpha value is -1.30. The number of hydrogen-bond donors (Lipinski definition) is 1. The highest BCUT2D eigenvalue weighted by molar-refractivity contribution is 6.42. The molecule has 1 aliphatic heterocycles. The van der Waals surface area contributed by atoms with Crippen LogP contribution >= 0.6 is 23.2 Å². The molecule has 126 valence electrons. The van der Waals surface area contributed by atoms with Crippen LogP contribution in [0.4, 0.5) is 0 Å². The summed E-state index contributed by atoms with van der Waals surface area (Å²) in [5.41, 5.74) is 1.04. The second kappa shape index (κ2) is 8.52. The third kappa shape index (κ3) is 5.68. The Labute approximate surface area is 145 Å². The summed E-state index contributed by atoms with van der Waals surface area (Å²) >= 11 is 11.8. The van der Waals surface area contributed by atoms with E-state index < -0.39 is 12.1 Å². The van der Waals surface area contributed by atoms with Crippen LogP contribution in [-0.2, 0) is 20.7 Å². The van der Waals surface area contributed by atoms with Gasteiger partial charge in [-0.2, -0.15) is 0 Å². The van der Waals surface area contributed by atoms with Crippen LogP contribution in [0, 0.1) is 0 Å². The topological polar surface area (TPSA) is 66.8 Å². The van der Waals surface area contributed by atoms with Crippen molar-refractivity contribution >= 4 is 35.1 Å². The molecule has 0 bridgehead atoms. The van der Waals surface area contributed by atoms with Gasteiger partial charge in [-0.15, -0.1) is 0 Å². The van der Waals surface area contributed by atoms with E-state index in [4.69, 9.17) is 33.0 Å². The van der Waals surface area contributed by atoms with E-state index in [1.54, 1.807) is 11.0 Å². The molecule has 1 fully saturated rings. The van der Waals surface area contributed by atoms with Crippen molar-refractivity contribution in [2.45, 2.75) is 31.8 Å². The van der Waals surface area contributed by atoms with E-state index in [-0.39, 0.29) is 12.3 Å². The maximum Gasteiger partial charge on any atom is 0.306 e. The third-order valence-electron chi connectivity index (χ3n) is 3.73. The minimum atomic E-state index is -0.913. The Kier molecular flexibility index (Phi) is 6.69. The normalized spacial score (nSPS) is 18.0. The molecule has 1 aromatic carbocycles. The van der Waals surface area contributed by atoms with E-state index in [0.29, 0.717) is 42.6 Å². The number of nitrogens with zero attached hydrogens (tertiary/aromatic N) is 1. The monoisotopic (exact) mass is 359 g/mol. The standard InChI is InChI=1S/C16H19Cl2NO4/c17-13-5-4-11(8-14(13)18)2-1-3-15(20)19-6-7-23-12(10-19)9-16(21)22/h4-5,8,12H,1-3,6-7,9-10H2,(H,21,22). The van der Waals surface area contributed by atoms with Gasteiger partial charge in [-0.05, 0) is 30.5 Å².